The largest absolute Gasteiger partial charge is 0.497 e. The molecule has 2 rings (SSSR count). The molecule has 0 amide bonds. The number of halogens is 1. The first kappa shape index (κ1) is 10.4. The first-order valence-corrected chi connectivity index (χ1v) is 4.21. The quantitative estimate of drug-likeness (QED) is 0.790. The molecule has 1 aromatic carbocycles. The Labute approximate surface area is 84.5 Å². The molecule has 1 aromatic rings. The summed E-state index contributed by atoms with van der Waals surface area (Å²) < 4.78 is 5.06. The molecule has 2 nitrogen and oxygen atoms in total. The van der Waals surface area contributed by atoms with Gasteiger partial charge in [0.1, 0.15) is 5.75 Å². The van der Waals surface area contributed by atoms with Gasteiger partial charge in [0, 0.05) is 12.0 Å². The summed E-state index contributed by atoms with van der Waals surface area (Å²) in [4.78, 5) is 0. The van der Waals surface area contributed by atoms with Crippen LogP contribution in [-0.4, -0.2) is 13.2 Å². The Balaban J connectivity index is 0.000000845. The number of methoxy groups -OCH3 is 1. The van der Waals surface area contributed by atoms with Crippen LogP contribution < -0.4 is 10.5 Å². The van der Waals surface area contributed by atoms with E-state index >= 15 is 0 Å². The van der Waals surface area contributed by atoms with Gasteiger partial charge in [-0.3, -0.25) is 0 Å². The normalized spacial score (nSPS) is 24.8. The minimum absolute atomic E-state index is 0. The summed E-state index contributed by atoms with van der Waals surface area (Å²) in [6.45, 7) is 0. The molecular formula is C10H14ClNO. The zero-order valence-corrected chi connectivity index (χ0v) is 8.38. The van der Waals surface area contributed by atoms with Gasteiger partial charge in [-0.05, 0) is 24.1 Å². The number of benzene rings is 1. The fourth-order valence-corrected chi connectivity index (χ4v) is 1.45. The molecule has 1 aliphatic carbocycles. The Morgan fingerprint density at radius 2 is 1.85 bits per heavy atom. The molecule has 0 aromatic heterocycles. The maximum atomic E-state index is 5.74. The molecule has 0 radical (unpaired) electrons. The number of rotatable bonds is 2. The minimum Gasteiger partial charge on any atom is -0.497 e. The molecule has 1 saturated carbocycles. The number of hydrogen-bond donors (Lipinski definition) is 1. The van der Waals surface area contributed by atoms with E-state index in [4.69, 9.17) is 10.5 Å². The van der Waals surface area contributed by atoms with E-state index in [1.165, 1.54) is 5.56 Å². The van der Waals surface area contributed by atoms with Crippen molar-refractivity contribution in [3.8, 4) is 5.75 Å². The van der Waals surface area contributed by atoms with Crippen molar-refractivity contribution >= 4 is 12.4 Å². The summed E-state index contributed by atoms with van der Waals surface area (Å²) in [6.07, 6.45) is 1.13. The van der Waals surface area contributed by atoms with Crippen molar-refractivity contribution in [2.45, 2.75) is 18.4 Å². The van der Waals surface area contributed by atoms with E-state index in [-0.39, 0.29) is 12.4 Å². The van der Waals surface area contributed by atoms with Crippen LogP contribution in [0.4, 0.5) is 0 Å². The average molecular weight is 200 g/mol. The Kier molecular flexibility index (Phi) is 3.17. The van der Waals surface area contributed by atoms with Gasteiger partial charge in [-0.2, -0.15) is 0 Å². The average Bonchev–Trinajstić information content (AvgIpc) is 2.83. The molecule has 1 fully saturated rings. The molecule has 72 valence electrons. The number of ether oxygens (including phenoxy) is 1. The minimum atomic E-state index is 0. The van der Waals surface area contributed by atoms with Crippen LogP contribution in [0.15, 0.2) is 24.3 Å². The number of hydrogen-bond acceptors (Lipinski definition) is 2. The zero-order chi connectivity index (χ0) is 8.55. The van der Waals surface area contributed by atoms with Gasteiger partial charge >= 0.3 is 0 Å². The van der Waals surface area contributed by atoms with Crippen molar-refractivity contribution in [1.82, 2.24) is 0 Å². The number of nitrogens with two attached hydrogens (primary N) is 1. The molecule has 0 aliphatic heterocycles. The van der Waals surface area contributed by atoms with Gasteiger partial charge in [0.05, 0.1) is 7.11 Å². The maximum absolute atomic E-state index is 5.74. The zero-order valence-electron chi connectivity index (χ0n) is 7.57. The van der Waals surface area contributed by atoms with E-state index in [9.17, 15) is 0 Å². The van der Waals surface area contributed by atoms with Crippen molar-refractivity contribution in [2.75, 3.05) is 7.11 Å². The lowest BCUT2D eigenvalue weighted by Crippen LogP contribution is -2.00. The second-order valence-electron chi connectivity index (χ2n) is 3.28. The summed E-state index contributed by atoms with van der Waals surface area (Å²) in [5.41, 5.74) is 7.07. The topological polar surface area (TPSA) is 35.2 Å². The van der Waals surface area contributed by atoms with Crippen LogP contribution in [0.3, 0.4) is 0 Å². The highest BCUT2D eigenvalue weighted by Gasteiger charge is 2.34. The molecule has 0 unspecified atom stereocenters. The van der Waals surface area contributed by atoms with Crippen molar-refractivity contribution in [1.29, 1.82) is 0 Å². The maximum Gasteiger partial charge on any atom is 0.118 e. The summed E-state index contributed by atoms with van der Waals surface area (Å²) in [5.74, 6) is 1.50. The fourth-order valence-electron chi connectivity index (χ4n) is 1.45. The standard InChI is InChI=1S/C10H13NO.ClH/c1-12-8-4-2-7(3-5-8)9-6-10(9)11;/h2-5,9-10H,6,11H2,1H3;1H/t9-,10+;/m1./s1. The Hall–Kier alpha value is -0.730. The highest BCUT2D eigenvalue weighted by atomic mass is 35.5. The first-order chi connectivity index (χ1) is 5.81. The predicted molar refractivity (Wildman–Crippen MR) is 55.6 cm³/mol. The van der Waals surface area contributed by atoms with Gasteiger partial charge in [0.25, 0.3) is 0 Å². The Bertz CT molecular complexity index is 273. The van der Waals surface area contributed by atoms with Gasteiger partial charge in [-0.1, -0.05) is 12.1 Å². The fraction of sp³-hybridized carbons (Fsp3) is 0.400. The van der Waals surface area contributed by atoms with Crippen LogP contribution in [0.2, 0.25) is 0 Å². The van der Waals surface area contributed by atoms with Crippen LogP contribution in [0.1, 0.15) is 17.9 Å². The first-order valence-electron chi connectivity index (χ1n) is 4.21. The van der Waals surface area contributed by atoms with E-state index in [0.717, 1.165) is 12.2 Å². The smallest absolute Gasteiger partial charge is 0.118 e. The van der Waals surface area contributed by atoms with Crippen LogP contribution >= 0.6 is 12.4 Å². The lowest BCUT2D eigenvalue weighted by molar-refractivity contribution is 0.414. The Morgan fingerprint density at radius 1 is 1.31 bits per heavy atom. The summed E-state index contributed by atoms with van der Waals surface area (Å²) >= 11 is 0. The molecule has 2 atom stereocenters. The molecule has 1 aliphatic rings. The van der Waals surface area contributed by atoms with Gasteiger partial charge < -0.3 is 10.5 Å². The van der Waals surface area contributed by atoms with E-state index in [0.29, 0.717) is 12.0 Å². The van der Waals surface area contributed by atoms with E-state index in [1.807, 2.05) is 12.1 Å². The van der Waals surface area contributed by atoms with Crippen molar-refractivity contribution < 1.29 is 4.74 Å². The molecular weight excluding hydrogens is 186 g/mol. The molecule has 0 spiro atoms. The van der Waals surface area contributed by atoms with Gasteiger partial charge in [-0.15, -0.1) is 12.4 Å². The third-order valence-electron chi connectivity index (χ3n) is 2.38. The second kappa shape index (κ2) is 3.99. The van der Waals surface area contributed by atoms with Gasteiger partial charge in [0.2, 0.25) is 0 Å². The van der Waals surface area contributed by atoms with Crippen molar-refractivity contribution in [3.05, 3.63) is 29.8 Å². The summed E-state index contributed by atoms with van der Waals surface area (Å²) in [7, 11) is 1.68. The molecule has 0 heterocycles. The SMILES string of the molecule is COc1ccc([C@H]2C[C@@H]2N)cc1.Cl. The molecule has 13 heavy (non-hydrogen) atoms. The van der Waals surface area contributed by atoms with Crippen LogP contribution in [0, 0.1) is 0 Å². The predicted octanol–water partition coefficient (Wildman–Crippen LogP) is 1.93. The lowest BCUT2D eigenvalue weighted by Gasteiger charge is -2.01. The van der Waals surface area contributed by atoms with Crippen LogP contribution in [0.25, 0.3) is 0 Å². The van der Waals surface area contributed by atoms with Crippen molar-refractivity contribution in [2.24, 2.45) is 5.73 Å². The highest BCUT2D eigenvalue weighted by Crippen LogP contribution is 2.39. The second-order valence-corrected chi connectivity index (χ2v) is 3.28. The Morgan fingerprint density at radius 3 is 2.23 bits per heavy atom. The van der Waals surface area contributed by atoms with Crippen molar-refractivity contribution in [3.63, 3.8) is 0 Å². The van der Waals surface area contributed by atoms with Gasteiger partial charge in [-0.25, -0.2) is 0 Å². The van der Waals surface area contributed by atoms with Gasteiger partial charge in [0.15, 0.2) is 0 Å². The monoisotopic (exact) mass is 199 g/mol. The van der Waals surface area contributed by atoms with E-state index in [1.54, 1.807) is 7.11 Å². The molecule has 0 bridgehead atoms. The van der Waals surface area contributed by atoms with E-state index in [2.05, 4.69) is 12.1 Å². The van der Waals surface area contributed by atoms with Crippen LogP contribution in [0.5, 0.6) is 5.75 Å². The third-order valence-corrected chi connectivity index (χ3v) is 2.38. The molecule has 2 N–H and O–H groups in total. The summed E-state index contributed by atoms with van der Waals surface area (Å²) in [5, 5.41) is 0. The lowest BCUT2D eigenvalue weighted by atomic mass is 10.1. The third kappa shape index (κ3) is 2.14. The van der Waals surface area contributed by atoms with Crippen LogP contribution in [-0.2, 0) is 0 Å². The molecule has 0 saturated heterocycles. The molecule has 3 heteroatoms. The van der Waals surface area contributed by atoms with E-state index < -0.39 is 0 Å². The highest BCUT2D eigenvalue weighted by molar-refractivity contribution is 5.85. The summed E-state index contributed by atoms with van der Waals surface area (Å²) in [6, 6.07) is 8.55.